The molecule has 36 heavy (non-hydrogen) atoms. The van der Waals surface area contributed by atoms with E-state index in [-0.39, 0.29) is 23.1 Å². The molecule has 0 spiro atoms. The zero-order valence-corrected chi connectivity index (χ0v) is 20.0. The van der Waals surface area contributed by atoms with Crippen LogP contribution in [-0.2, 0) is 9.53 Å². The fourth-order valence-electron chi connectivity index (χ4n) is 4.27. The second-order valence-electron chi connectivity index (χ2n) is 8.84. The Morgan fingerprint density at radius 2 is 1.36 bits per heavy atom. The van der Waals surface area contributed by atoms with E-state index >= 15 is 0 Å². The molecule has 0 bridgehead atoms. The lowest BCUT2D eigenvalue weighted by atomic mass is 9.84. The van der Waals surface area contributed by atoms with Crippen LogP contribution in [0.2, 0.25) is 0 Å². The van der Waals surface area contributed by atoms with Crippen molar-refractivity contribution in [2.75, 3.05) is 0 Å². The lowest BCUT2D eigenvalue weighted by molar-refractivity contribution is -0.147. The van der Waals surface area contributed by atoms with Crippen LogP contribution in [0.1, 0.15) is 58.0 Å². The number of carbonyl (C=O) groups excluding carboxylic acids is 3. The van der Waals surface area contributed by atoms with Gasteiger partial charge in [0, 0.05) is 12.0 Å². The average molecular weight is 483 g/mol. The van der Waals surface area contributed by atoms with Gasteiger partial charge in [0.2, 0.25) is 0 Å². The molecule has 0 heterocycles. The van der Waals surface area contributed by atoms with E-state index < -0.39 is 41.1 Å². The van der Waals surface area contributed by atoms with Crippen LogP contribution in [0.4, 0.5) is 0 Å². The molecule has 0 aliphatic heterocycles. The van der Waals surface area contributed by atoms with E-state index in [1.54, 1.807) is 0 Å². The van der Waals surface area contributed by atoms with E-state index in [9.17, 15) is 24.6 Å². The monoisotopic (exact) mass is 482 g/mol. The number of hydrogen-bond donors (Lipinski definition) is 2. The van der Waals surface area contributed by atoms with Crippen molar-refractivity contribution in [1.29, 1.82) is 0 Å². The smallest absolute Gasteiger partial charge is 0.318 e. The number of hydrogen-bond acceptors (Lipinski definition) is 6. The van der Waals surface area contributed by atoms with Gasteiger partial charge in [-0.1, -0.05) is 72.3 Å². The Hall–Kier alpha value is -4.45. The summed E-state index contributed by atoms with van der Waals surface area (Å²) in [5.74, 6) is -3.47. The molecule has 1 aliphatic rings. The van der Waals surface area contributed by atoms with E-state index in [0.29, 0.717) is 0 Å². The third kappa shape index (κ3) is 4.98. The molecular formula is C30H26O6. The van der Waals surface area contributed by atoms with Crippen molar-refractivity contribution in [3.63, 3.8) is 0 Å². The topological polar surface area (TPSA) is 101 Å². The SMILES string of the molecule is CC(C)=CCC(OC(=O)C(c1ccccc1)c1ccccc1)C1=CC(=O)c2c(O)ccc(O)c2C1=O. The van der Waals surface area contributed by atoms with Crippen molar-refractivity contribution in [3.05, 3.63) is 118 Å². The number of fused-ring (bicyclic) bond motifs is 1. The number of rotatable bonds is 7. The van der Waals surface area contributed by atoms with E-state index in [1.807, 2.05) is 80.6 Å². The molecule has 0 aromatic heterocycles. The molecule has 4 rings (SSSR count). The van der Waals surface area contributed by atoms with Gasteiger partial charge in [0.05, 0.1) is 11.1 Å². The number of phenols is 2. The molecule has 0 saturated heterocycles. The Bertz CT molecular complexity index is 1330. The first kappa shape index (κ1) is 24.7. The van der Waals surface area contributed by atoms with Gasteiger partial charge in [-0.25, -0.2) is 0 Å². The molecule has 0 amide bonds. The van der Waals surface area contributed by atoms with E-state index in [4.69, 9.17) is 4.74 Å². The molecule has 3 aromatic rings. The van der Waals surface area contributed by atoms with Gasteiger partial charge in [0.25, 0.3) is 0 Å². The summed E-state index contributed by atoms with van der Waals surface area (Å²) in [4.78, 5) is 39.9. The zero-order chi connectivity index (χ0) is 25.8. The second kappa shape index (κ2) is 10.4. The average Bonchev–Trinajstić information content (AvgIpc) is 2.87. The highest BCUT2D eigenvalue weighted by atomic mass is 16.5. The Morgan fingerprint density at radius 1 is 0.833 bits per heavy atom. The second-order valence-corrected chi connectivity index (χ2v) is 8.84. The van der Waals surface area contributed by atoms with Crippen molar-refractivity contribution in [1.82, 2.24) is 0 Å². The van der Waals surface area contributed by atoms with Gasteiger partial charge in [-0.15, -0.1) is 0 Å². The minimum atomic E-state index is -1.08. The number of aromatic hydroxyl groups is 2. The predicted octanol–water partition coefficient (Wildman–Crippen LogP) is 5.50. The molecule has 6 nitrogen and oxygen atoms in total. The summed E-state index contributed by atoms with van der Waals surface area (Å²) >= 11 is 0. The Morgan fingerprint density at radius 3 is 1.89 bits per heavy atom. The molecule has 182 valence electrons. The Kier molecular flexibility index (Phi) is 7.15. The summed E-state index contributed by atoms with van der Waals surface area (Å²) in [5, 5.41) is 20.5. The normalized spacial score (nSPS) is 13.6. The summed E-state index contributed by atoms with van der Waals surface area (Å²) in [6.45, 7) is 3.74. The number of carbonyl (C=O) groups is 3. The number of ether oxygens (including phenoxy) is 1. The van der Waals surface area contributed by atoms with Crippen molar-refractivity contribution in [2.24, 2.45) is 0 Å². The molecule has 1 atom stereocenters. The number of phenolic OH excluding ortho intramolecular Hbond substituents is 2. The highest BCUT2D eigenvalue weighted by molar-refractivity contribution is 6.27. The van der Waals surface area contributed by atoms with Gasteiger partial charge in [-0.3, -0.25) is 14.4 Å². The fraction of sp³-hybridized carbons (Fsp3) is 0.167. The van der Waals surface area contributed by atoms with Crippen LogP contribution in [0.5, 0.6) is 11.5 Å². The van der Waals surface area contributed by atoms with Gasteiger partial charge >= 0.3 is 5.97 Å². The zero-order valence-electron chi connectivity index (χ0n) is 20.0. The third-order valence-electron chi connectivity index (χ3n) is 6.03. The van der Waals surface area contributed by atoms with E-state index in [2.05, 4.69) is 0 Å². The minimum Gasteiger partial charge on any atom is -0.507 e. The van der Waals surface area contributed by atoms with Crippen LogP contribution < -0.4 is 0 Å². The van der Waals surface area contributed by atoms with Crippen LogP contribution >= 0.6 is 0 Å². The van der Waals surface area contributed by atoms with Crippen molar-refractivity contribution >= 4 is 17.5 Å². The largest absolute Gasteiger partial charge is 0.507 e. The fourth-order valence-corrected chi connectivity index (χ4v) is 4.27. The van der Waals surface area contributed by atoms with Gasteiger partial charge in [0.1, 0.15) is 23.5 Å². The van der Waals surface area contributed by atoms with Crippen molar-refractivity contribution < 1.29 is 29.3 Å². The van der Waals surface area contributed by atoms with Gasteiger partial charge in [-0.05, 0) is 43.2 Å². The highest BCUT2D eigenvalue weighted by Gasteiger charge is 2.37. The number of esters is 1. The summed E-state index contributed by atoms with van der Waals surface area (Å²) in [6.07, 6.45) is 1.98. The van der Waals surface area contributed by atoms with Crippen LogP contribution in [0.25, 0.3) is 0 Å². The summed E-state index contributed by atoms with van der Waals surface area (Å²) in [7, 11) is 0. The molecule has 6 heteroatoms. The number of benzene rings is 3. The van der Waals surface area contributed by atoms with Gasteiger partial charge in [0.15, 0.2) is 11.6 Å². The maximum Gasteiger partial charge on any atom is 0.318 e. The quantitative estimate of drug-likeness (QED) is 0.262. The highest BCUT2D eigenvalue weighted by Crippen LogP contribution is 2.37. The molecule has 1 aliphatic carbocycles. The van der Waals surface area contributed by atoms with Crippen LogP contribution in [0.15, 0.2) is 96.1 Å². The van der Waals surface area contributed by atoms with E-state index in [1.165, 1.54) is 0 Å². The summed E-state index contributed by atoms with van der Waals surface area (Å²) < 4.78 is 5.95. The van der Waals surface area contributed by atoms with Crippen molar-refractivity contribution in [3.8, 4) is 11.5 Å². The first-order valence-corrected chi connectivity index (χ1v) is 11.6. The molecular weight excluding hydrogens is 456 g/mol. The Balaban J connectivity index is 1.74. The van der Waals surface area contributed by atoms with Crippen LogP contribution in [-0.4, -0.2) is 33.9 Å². The number of Topliss-reactive ketones (excluding diaryl/α,β-unsaturated/α-hetero) is 1. The number of allylic oxidation sites excluding steroid dienone is 2. The summed E-state index contributed by atoms with van der Waals surface area (Å²) in [5.41, 5.74) is 1.78. The third-order valence-corrected chi connectivity index (χ3v) is 6.03. The van der Waals surface area contributed by atoms with E-state index in [0.717, 1.165) is 34.9 Å². The first-order valence-electron chi connectivity index (χ1n) is 11.6. The predicted molar refractivity (Wildman–Crippen MR) is 135 cm³/mol. The molecule has 1 unspecified atom stereocenters. The maximum atomic E-state index is 13.6. The van der Waals surface area contributed by atoms with Gasteiger partial charge in [-0.2, -0.15) is 0 Å². The van der Waals surface area contributed by atoms with Gasteiger partial charge < -0.3 is 14.9 Å². The van der Waals surface area contributed by atoms with Crippen molar-refractivity contribution in [2.45, 2.75) is 32.3 Å². The molecule has 0 saturated carbocycles. The first-order chi connectivity index (χ1) is 17.3. The lowest BCUT2D eigenvalue weighted by Gasteiger charge is -2.26. The molecule has 0 fully saturated rings. The molecule has 2 N–H and O–H groups in total. The van der Waals surface area contributed by atoms with Crippen LogP contribution in [0.3, 0.4) is 0 Å². The minimum absolute atomic E-state index is 0.0564. The van der Waals surface area contributed by atoms with Crippen LogP contribution in [0, 0.1) is 0 Å². The molecule has 0 radical (unpaired) electrons. The lowest BCUT2D eigenvalue weighted by Crippen LogP contribution is -2.31. The Labute approximate surface area is 209 Å². The molecule has 3 aromatic carbocycles. The summed E-state index contributed by atoms with van der Waals surface area (Å²) in [6, 6.07) is 20.7. The number of ketones is 2. The maximum absolute atomic E-state index is 13.6. The standard InChI is InChI=1S/C30H26O6/c1-18(2)13-16-25(21-17-24(33)27-22(31)14-15-23(32)28(27)29(21)34)36-30(35)26(19-9-5-3-6-10-19)20-11-7-4-8-12-20/h3-15,17,25-26,31-32H,16H2,1-2H3.